The van der Waals surface area contributed by atoms with Crippen molar-refractivity contribution in [2.75, 3.05) is 7.05 Å². The Labute approximate surface area is 178 Å². The Morgan fingerprint density at radius 3 is 2.17 bits per heavy atom. The molecular formula is C22H29ClN2O3S. The molecule has 5 nitrogen and oxygen atoms in total. The average Bonchev–Trinajstić information content (AvgIpc) is 2.70. The number of hydrogen-bond donors (Lipinski definition) is 2. The average molecular weight is 437 g/mol. The van der Waals surface area contributed by atoms with Crippen LogP contribution in [0.4, 0.5) is 0 Å². The molecule has 1 unspecified atom stereocenters. The number of rotatable bonds is 10. The summed E-state index contributed by atoms with van der Waals surface area (Å²) in [6.07, 6.45) is 2.75. The molecule has 0 heterocycles. The topological polar surface area (TPSA) is 75.3 Å². The number of carbonyl (C=O) groups is 1. The van der Waals surface area contributed by atoms with Gasteiger partial charge in [0.05, 0.1) is 10.9 Å². The third-order valence-electron chi connectivity index (χ3n) is 4.78. The molecule has 2 rings (SSSR count). The first kappa shape index (κ1) is 23.4. The highest BCUT2D eigenvalue weighted by atomic mass is 35.5. The normalized spacial score (nSPS) is 12.7. The van der Waals surface area contributed by atoms with E-state index in [4.69, 9.17) is 11.6 Å². The predicted octanol–water partition coefficient (Wildman–Crippen LogP) is 4.47. The molecular weight excluding hydrogens is 408 g/mol. The van der Waals surface area contributed by atoms with Gasteiger partial charge in [0.1, 0.15) is 0 Å². The number of aryl methyl sites for hydroxylation is 1. The quantitative estimate of drug-likeness (QED) is 0.576. The van der Waals surface area contributed by atoms with Crippen molar-refractivity contribution >= 4 is 27.5 Å². The molecule has 0 aliphatic heterocycles. The van der Waals surface area contributed by atoms with Gasteiger partial charge in [0, 0.05) is 11.4 Å². The minimum Gasteiger partial charge on any atom is -0.349 e. The summed E-state index contributed by atoms with van der Waals surface area (Å²) in [4.78, 5) is 12.8. The Balaban J connectivity index is 1.97. The first-order chi connectivity index (χ1) is 13.7. The lowest BCUT2D eigenvalue weighted by atomic mass is 9.97. The van der Waals surface area contributed by atoms with Gasteiger partial charge in [-0.3, -0.25) is 4.79 Å². The molecule has 1 amide bonds. The maximum Gasteiger partial charge on any atom is 0.240 e. The third kappa shape index (κ3) is 7.46. The van der Waals surface area contributed by atoms with Crippen LogP contribution < -0.4 is 10.0 Å². The van der Waals surface area contributed by atoms with Crippen molar-refractivity contribution in [3.63, 3.8) is 0 Å². The van der Waals surface area contributed by atoms with Crippen molar-refractivity contribution in [3.8, 4) is 0 Å². The Kier molecular flexibility index (Phi) is 8.68. The third-order valence-corrected chi connectivity index (χ3v) is 6.47. The summed E-state index contributed by atoms with van der Waals surface area (Å²) < 4.78 is 25.9. The molecule has 0 aromatic heterocycles. The van der Waals surface area contributed by atoms with Crippen LogP contribution in [0.1, 0.15) is 50.3 Å². The van der Waals surface area contributed by atoms with Crippen LogP contribution in [-0.4, -0.2) is 21.4 Å². The zero-order chi connectivity index (χ0) is 21.4. The number of halogens is 1. The van der Waals surface area contributed by atoms with E-state index in [-0.39, 0.29) is 16.8 Å². The van der Waals surface area contributed by atoms with E-state index in [0.717, 1.165) is 24.0 Å². The Bertz CT molecular complexity index is 895. The summed E-state index contributed by atoms with van der Waals surface area (Å²) in [5.41, 5.74) is 1.96. The summed E-state index contributed by atoms with van der Waals surface area (Å²) in [6, 6.07) is 14.1. The molecule has 0 spiro atoms. The maximum absolute atomic E-state index is 12.5. The summed E-state index contributed by atoms with van der Waals surface area (Å²) in [5, 5.41) is 3.81. The van der Waals surface area contributed by atoms with Crippen LogP contribution >= 0.6 is 11.6 Å². The molecule has 0 radical (unpaired) electrons. The second-order valence-electron chi connectivity index (χ2n) is 7.49. The molecule has 0 aliphatic rings. The van der Waals surface area contributed by atoms with Crippen LogP contribution in [0, 0.1) is 5.92 Å². The molecule has 0 saturated carbocycles. The molecule has 2 aromatic rings. The van der Waals surface area contributed by atoms with Crippen molar-refractivity contribution in [3.05, 3.63) is 64.7 Å². The number of carbonyl (C=O) groups excluding carboxylic acids is 1. The zero-order valence-corrected chi connectivity index (χ0v) is 18.7. The highest BCUT2D eigenvalue weighted by Gasteiger charge is 2.16. The zero-order valence-electron chi connectivity index (χ0n) is 17.1. The van der Waals surface area contributed by atoms with Gasteiger partial charge in [-0.1, -0.05) is 49.7 Å². The van der Waals surface area contributed by atoms with Gasteiger partial charge in [0.2, 0.25) is 15.9 Å². The van der Waals surface area contributed by atoms with Crippen LogP contribution in [-0.2, 0) is 21.2 Å². The van der Waals surface area contributed by atoms with Crippen molar-refractivity contribution in [2.45, 2.75) is 50.5 Å². The van der Waals surface area contributed by atoms with Gasteiger partial charge in [-0.2, -0.15) is 0 Å². The summed E-state index contributed by atoms with van der Waals surface area (Å²) in [5.74, 6) is 0.523. The van der Waals surface area contributed by atoms with Crippen LogP contribution in [0.25, 0.3) is 0 Å². The number of amides is 1. The van der Waals surface area contributed by atoms with E-state index in [1.807, 2.05) is 24.3 Å². The fourth-order valence-electron chi connectivity index (χ4n) is 2.99. The van der Waals surface area contributed by atoms with Gasteiger partial charge in [0.15, 0.2) is 0 Å². The summed E-state index contributed by atoms with van der Waals surface area (Å²) in [7, 11) is -2.07. The smallest absolute Gasteiger partial charge is 0.240 e. The second-order valence-corrected chi connectivity index (χ2v) is 9.82. The first-order valence-electron chi connectivity index (χ1n) is 9.78. The van der Waals surface area contributed by atoms with E-state index < -0.39 is 10.0 Å². The van der Waals surface area contributed by atoms with Crippen molar-refractivity contribution in [1.29, 1.82) is 0 Å². The molecule has 0 aliphatic carbocycles. The van der Waals surface area contributed by atoms with Crippen LogP contribution in [0.2, 0.25) is 5.02 Å². The van der Waals surface area contributed by atoms with E-state index >= 15 is 0 Å². The van der Waals surface area contributed by atoms with Gasteiger partial charge >= 0.3 is 0 Å². The summed E-state index contributed by atoms with van der Waals surface area (Å²) in [6.45, 7) is 4.33. The van der Waals surface area contributed by atoms with E-state index in [1.54, 1.807) is 24.3 Å². The number of nitrogens with one attached hydrogen (secondary N) is 2. The minimum atomic E-state index is -3.45. The molecule has 1 atom stereocenters. The van der Waals surface area contributed by atoms with Crippen molar-refractivity contribution in [1.82, 2.24) is 10.0 Å². The lowest BCUT2D eigenvalue weighted by Gasteiger charge is -2.20. The number of sulfonamides is 1. The fourth-order valence-corrected chi connectivity index (χ4v) is 3.85. The second kappa shape index (κ2) is 10.8. The van der Waals surface area contributed by atoms with Gasteiger partial charge in [-0.15, -0.1) is 0 Å². The van der Waals surface area contributed by atoms with Gasteiger partial charge in [0.25, 0.3) is 0 Å². The summed E-state index contributed by atoms with van der Waals surface area (Å²) >= 11 is 5.99. The van der Waals surface area contributed by atoms with E-state index in [0.29, 0.717) is 23.8 Å². The minimum absolute atomic E-state index is 0.0272. The highest BCUT2D eigenvalue weighted by Crippen LogP contribution is 2.23. The SMILES string of the molecule is CNS(=O)(=O)c1ccc(CCC(=O)NC(CCC(C)C)c2ccc(Cl)cc2)cc1. The van der Waals surface area contributed by atoms with E-state index in [2.05, 4.69) is 23.9 Å². The van der Waals surface area contributed by atoms with Crippen LogP contribution in [0.3, 0.4) is 0 Å². The molecule has 0 fully saturated rings. The van der Waals surface area contributed by atoms with E-state index in [1.165, 1.54) is 7.05 Å². The Morgan fingerprint density at radius 1 is 1.00 bits per heavy atom. The largest absolute Gasteiger partial charge is 0.349 e. The molecule has 29 heavy (non-hydrogen) atoms. The van der Waals surface area contributed by atoms with Crippen LogP contribution in [0.15, 0.2) is 53.4 Å². The number of hydrogen-bond acceptors (Lipinski definition) is 3. The lowest BCUT2D eigenvalue weighted by molar-refractivity contribution is -0.121. The Hall–Kier alpha value is -1.89. The lowest BCUT2D eigenvalue weighted by Crippen LogP contribution is -2.29. The molecule has 2 aromatic carbocycles. The molecule has 0 saturated heterocycles. The standard InChI is InChI=1S/C22H29ClN2O3S/c1-16(2)4-14-21(18-8-10-19(23)11-9-18)25-22(26)15-7-17-5-12-20(13-6-17)29(27,28)24-3/h5-6,8-13,16,21,24H,4,7,14-15H2,1-3H3,(H,25,26). The monoisotopic (exact) mass is 436 g/mol. The van der Waals surface area contributed by atoms with E-state index in [9.17, 15) is 13.2 Å². The highest BCUT2D eigenvalue weighted by molar-refractivity contribution is 7.89. The van der Waals surface area contributed by atoms with Gasteiger partial charge < -0.3 is 5.32 Å². The maximum atomic E-state index is 12.5. The molecule has 7 heteroatoms. The molecule has 2 N–H and O–H groups in total. The molecule has 158 valence electrons. The van der Waals surface area contributed by atoms with Gasteiger partial charge in [-0.05, 0) is 67.6 Å². The predicted molar refractivity (Wildman–Crippen MR) is 117 cm³/mol. The van der Waals surface area contributed by atoms with Crippen molar-refractivity contribution < 1.29 is 13.2 Å². The fraction of sp³-hybridized carbons (Fsp3) is 0.409. The molecule has 0 bridgehead atoms. The Morgan fingerprint density at radius 2 is 1.62 bits per heavy atom. The first-order valence-corrected chi connectivity index (χ1v) is 11.6. The van der Waals surface area contributed by atoms with Crippen LogP contribution in [0.5, 0.6) is 0 Å². The van der Waals surface area contributed by atoms with Gasteiger partial charge in [-0.25, -0.2) is 13.1 Å². The number of benzene rings is 2. The van der Waals surface area contributed by atoms with Crippen molar-refractivity contribution in [2.24, 2.45) is 5.92 Å².